The monoisotopic (exact) mass is 253 g/mol. The van der Waals surface area contributed by atoms with E-state index in [1.165, 1.54) is 12.5 Å². The molecule has 3 aromatic rings. The zero-order valence-corrected chi connectivity index (χ0v) is 10.2. The van der Waals surface area contributed by atoms with Gasteiger partial charge in [-0.3, -0.25) is 0 Å². The van der Waals surface area contributed by atoms with E-state index in [0.29, 0.717) is 5.69 Å². The molecule has 5 nitrogen and oxygen atoms in total. The number of rotatable bonds is 2. The van der Waals surface area contributed by atoms with E-state index in [9.17, 15) is 9.90 Å². The summed E-state index contributed by atoms with van der Waals surface area (Å²) >= 11 is 0. The van der Waals surface area contributed by atoms with Gasteiger partial charge in [-0.15, -0.1) is 0 Å². The molecule has 0 aliphatic carbocycles. The number of hydrogen-bond acceptors (Lipinski definition) is 3. The summed E-state index contributed by atoms with van der Waals surface area (Å²) in [5, 5.41) is 10.2. The van der Waals surface area contributed by atoms with E-state index < -0.39 is 5.97 Å². The van der Waals surface area contributed by atoms with Gasteiger partial charge in [0.1, 0.15) is 11.9 Å². The minimum absolute atomic E-state index is 0.110. The summed E-state index contributed by atoms with van der Waals surface area (Å²) in [6.45, 7) is 0. The van der Waals surface area contributed by atoms with Crippen molar-refractivity contribution in [3.63, 3.8) is 0 Å². The van der Waals surface area contributed by atoms with Crippen LogP contribution in [0.4, 0.5) is 0 Å². The Hall–Kier alpha value is -2.69. The SMILES string of the molecule is Cn1cc(-c2ncncc2C(=O)O)c2ccccc21. The maximum atomic E-state index is 11.3. The molecule has 0 amide bonds. The number of fused-ring (bicyclic) bond motifs is 1. The Labute approximate surface area is 109 Å². The molecule has 3 rings (SSSR count). The molecule has 0 unspecified atom stereocenters. The highest BCUT2D eigenvalue weighted by Gasteiger charge is 2.17. The molecule has 94 valence electrons. The summed E-state index contributed by atoms with van der Waals surface area (Å²) in [5.74, 6) is -1.02. The van der Waals surface area contributed by atoms with Crippen molar-refractivity contribution < 1.29 is 9.90 Å². The highest BCUT2D eigenvalue weighted by Crippen LogP contribution is 2.30. The van der Waals surface area contributed by atoms with Gasteiger partial charge in [0, 0.05) is 35.9 Å². The maximum absolute atomic E-state index is 11.3. The van der Waals surface area contributed by atoms with Crippen molar-refractivity contribution in [1.82, 2.24) is 14.5 Å². The molecule has 1 aromatic carbocycles. The third kappa shape index (κ3) is 1.76. The van der Waals surface area contributed by atoms with Crippen LogP contribution in [0.2, 0.25) is 0 Å². The molecule has 0 aliphatic heterocycles. The highest BCUT2D eigenvalue weighted by atomic mass is 16.4. The number of aromatic carboxylic acids is 1. The molecule has 0 spiro atoms. The Morgan fingerprint density at radius 2 is 2.11 bits per heavy atom. The molecule has 0 bridgehead atoms. The highest BCUT2D eigenvalue weighted by molar-refractivity contribution is 6.01. The molecular formula is C14H11N3O2. The molecule has 0 saturated heterocycles. The largest absolute Gasteiger partial charge is 0.478 e. The zero-order valence-electron chi connectivity index (χ0n) is 10.2. The predicted molar refractivity (Wildman–Crippen MR) is 70.9 cm³/mol. The van der Waals surface area contributed by atoms with Crippen LogP contribution in [0.15, 0.2) is 43.0 Å². The second-order valence-corrected chi connectivity index (χ2v) is 4.26. The van der Waals surface area contributed by atoms with Crippen molar-refractivity contribution in [2.45, 2.75) is 0 Å². The van der Waals surface area contributed by atoms with Gasteiger partial charge in [0.25, 0.3) is 0 Å². The van der Waals surface area contributed by atoms with Gasteiger partial charge in [-0.2, -0.15) is 0 Å². The third-order valence-corrected chi connectivity index (χ3v) is 3.09. The van der Waals surface area contributed by atoms with E-state index in [-0.39, 0.29) is 5.56 Å². The van der Waals surface area contributed by atoms with Crippen LogP contribution in [0.25, 0.3) is 22.2 Å². The van der Waals surface area contributed by atoms with E-state index in [1.54, 1.807) is 0 Å². The molecule has 0 saturated carbocycles. The topological polar surface area (TPSA) is 68.0 Å². The molecule has 1 N–H and O–H groups in total. The van der Waals surface area contributed by atoms with E-state index in [2.05, 4.69) is 9.97 Å². The number of carboxylic acids is 1. The van der Waals surface area contributed by atoms with Crippen molar-refractivity contribution >= 4 is 16.9 Å². The van der Waals surface area contributed by atoms with Crippen LogP contribution < -0.4 is 0 Å². The number of carboxylic acid groups (broad SMARTS) is 1. The molecule has 5 heteroatoms. The van der Waals surface area contributed by atoms with Crippen LogP contribution in [-0.2, 0) is 7.05 Å². The quantitative estimate of drug-likeness (QED) is 0.761. The van der Waals surface area contributed by atoms with Gasteiger partial charge in [0.2, 0.25) is 0 Å². The first kappa shape index (κ1) is 11.4. The first-order valence-electron chi connectivity index (χ1n) is 5.76. The van der Waals surface area contributed by atoms with Crippen LogP contribution in [0.1, 0.15) is 10.4 Å². The van der Waals surface area contributed by atoms with Crippen LogP contribution in [0.5, 0.6) is 0 Å². The summed E-state index contributed by atoms with van der Waals surface area (Å²) < 4.78 is 1.96. The van der Waals surface area contributed by atoms with Gasteiger partial charge in [-0.1, -0.05) is 18.2 Å². The fraction of sp³-hybridized carbons (Fsp3) is 0.0714. The minimum Gasteiger partial charge on any atom is -0.478 e. The van der Waals surface area contributed by atoms with E-state index >= 15 is 0 Å². The van der Waals surface area contributed by atoms with E-state index in [1.807, 2.05) is 42.1 Å². The normalized spacial score (nSPS) is 10.8. The molecule has 0 aliphatic rings. The fourth-order valence-electron chi connectivity index (χ4n) is 2.23. The number of nitrogens with zero attached hydrogens (tertiary/aromatic N) is 3. The van der Waals surface area contributed by atoms with Gasteiger partial charge < -0.3 is 9.67 Å². The third-order valence-electron chi connectivity index (χ3n) is 3.09. The van der Waals surface area contributed by atoms with Gasteiger partial charge in [-0.05, 0) is 6.07 Å². The first-order chi connectivity index (χ1) is 9.18. The fourth-order valence-corrected chi connectivity index (χ4v) is 2.23. The summed E-state index contributed by atoms with van der Waals surface area (Å²) in [5.41, 5.74) is 2.39. The van der Waals surface area contributed by atoms with Crippen LogP contribution >= 0.6 is 0 Å². The number of benzene rings is 1. The molecule has 19 heavy (non-hydrogen) atoms. The number of para-hydroxylation sites is 1. The smallest absolute Gasteiger partial charge is 0.339 e. The zero-order chi connectivity index (χ0) is 13.4. The number of aromatic nitrogens is 3. The molecule has 0 radical (unpaired) electrons. The lowest BCUT2D eigenvalue weighted by molar-refractivity contribution is 0.0697. The number of carbonyl (C=O) groups is 1. The van der Waals surface area contributed by atoms with Crippen molar-refractivity contribution in [3.8, 4) is 11.3 Å². The van der Waals surface area contributed by atoms with Gasteiger partial charge in [0.15, 0.2) is 0 Å². The maximum Gasteiger partial charge on any atom is 0.339 e. The Kier molecular flexibility index (Phi) is 2.52. The van der Waals surface area contributed by atoms with Crippen molar-refractivity contribution in [3.05, 3.63) is 48.5 Å². The van der Waals surface area contributed by atoms with Gasteiger partial charge in [-0.25, -0.2) is 14.8 Å². The summed E-state index contributed by atoms with van der Waals surface area (Å²) in [7, 11) is 1.92. The average molecular weight is 253 g/mol. The molecule has 0 fully saturated rings. The lowest BCUT2D eigenvalue weighted by atomic mass is 10.1. The number of aryl methyl sites for hydroxylation is 1. The van der Waals surface area contributed by atoms with Crippen LogP contribution in [-0.4, -0.2) is 25.6 Å². The Bertz CT molecular complexity index is 777. The summed E-state index contributed by atoms with van der Waals surface area (Å²) in [6, 6.07) is 7.82. The van der Waals surface area contributed by atoms with Crippen LogP contribution in [0, 0.1) is 0 Å². The van der Waals surface area contributed by atoms with E-state index in [4.69, 9.17) is 0 Å². The lowest BCUT2D eigenvalue weighted by Crippen LogP contribution is -2.02. The van der Waals surface area contributed by atoms with E-state index in [0.717, 1.165) is 16.5 Å². The Morgan fingerprint density at radius 1 is 1.32 bits per heavy atom. The minimum atomic E-state index is -1.02. The second-order valence-electron chi connectivity index (χ2n) is 4.26. The Morgan fingerprint density at radius 3 is 2.89 bits per heavy atom. The predicted octanol–water partition coefficient (Wildman–Crippen LogP) is 2.33. The average Bonchev–Trinajstić information content (AvgIpc) is 2.77. The van der Waals surface area contributed by atoms with Crippen LogP contribution in [0.3, 0.4) is 0 Å². The molecule has 2 heterocycles. The molecule has 2 aromatic heterocycles. The number of hydrogen-bond donors (Lipinski definition) is 1. The van der Waals surface area contributed by atoms with Gasteiger partial charge in [0.05, 0.1) is 5.69 Å². The molecule has 0 atom stereocenters. The first-order valence-corrected chi connectivity index (χ1v) is 5.76. The molecular weight excluding hydrogens is 242 g/mol. The standard InChI is InChI=1S/C14H11N3O2/c1-17-7-11(9-4-2-3-5-12(9)17)13-10(14(18)19)6-15-8-16-13/h2-8H,1H3,(H,18,19). The van der Waals surface area contributed by atoms with Crippen molar-refractivity contribution in [2.75, 3.05) is 0 Å². The second kappa shape index (κ2) is 4.20. The lowest BCUT2D eigenvalue weighted by Gasteiger charge is -2.02. The van der Waals surface area contributed by atoms with Gasteiger partial charge >= 0.3 is 5.97 Å². The van der Waals surface area contributed by atoms with Crippen molar-refractivity contribution in [2.24, 2.45) is 7.05 Å². The van der Waals surface area contributed by atoms with Crippen molar-refractivity contribution in [1.29, 1.82) is 0 Å². The summed E-state index contributed by atoms with van der Waals surface area (Å²) in [6.07, 6.45) is 4.58. The Balaban J connectivity index is 2.34. The summed E-state index contributed by atoms with van der Waals surface area (Å²) in [4.78, 5) is 19.2.